The van der Waals surface area contributed by atoms with Gasteiger partial charge in [-0.25, -0.2) is 4.98 Å². The van der Waals surface area contributed by atoms with Crippen molar-refractivity contribution in [3.8, 4) is 0 Å². The number of fused-ring (bicyclic) bond motifs is 1. The molecule has 0 spiro atoms. The number of benzene rings is 1. The molecule has 0 radical (unpaired) electrons. The lowest BCUT2D eigenvalue weighted by Gasteiger charge is -2.29. The van der Waals surface area contributed by atoms with E-state index in [2.05, 4.69) is 16.0 Å². The Balaban J connectivity index is 2.04. The Morgan fingerprint density at radius 3 is 2.71 bits per heavy atom. The second-order valence-corrected chi connectivity index (χ2v) is 5.29. The highest BCUT2D eigenvalue weighted by Gasteiger charge is 2.28. The highest BCUT2D eigenvalue weighted by molar-refractivity contribution is 6.28. The van der Waals surface area contributed by atoms with Gasteiger partial charge in [0, 0.05) is 13.1 Å². The average Bonchev–Trinajstić information content (AvgIpc) is 2.45. The zero-order valence-corrected chi connectivity index (χ0v) is 12.2. The maximum atomic E-state index is 11.3. The van der Waals surface area contributed by atoms with Crippen LogP contribution in [0, 0.1) is 17.0 Å². The maximum Gasteiger partial charge on any atom is 0.332 e. The van der Waals surface area contributed by atoms with Crippen LogP contribution in [-0.2, 0) is 13.0 Å². The van der Waals surface area contributed by atoms with Crippen LogP contribution in [0.25, 0.3) is 0 Å². The molecule has 1 aliphatic rings. The molecule has 108 valence electrons. The third-order valence-corrected chi connectivity index (χ3v) is 3.79. The SMILES string of the molecule is Cc1nc(Cl)nc(N2CCc3ccccc3C2)c1[N+](=O)[O-]. The molecule has 2 heterocycles. The number of hydrogen-bond donors (Lipinski definition) is 0. The first-order valence-electron chi connectivity index (χ1n) is 6.56. The van der Waals surface area contributed by atoms with E-state index in [1.807, 2.05) is 23.1 Å². The number of anilines is 1. The molecule has 0 fully saturated rings. The van der Waals surface area contributed by atoms with Crippen molar-refractivity contribution < 1.29 is 4.92 Å². The Hall–Kier alpha value is -2.21. The summed E-state index contributed by atoms with van der Waals surface area (Å²) in [6, 6.07) is 8.08. The van der Waals surface area contributed by atoms with Gasteiger partial charge in [-0.05, 0) is 36.1 Å². The van der Waals surface area contributed by atoms with E-state index in [0.29, 0.717) is 18.9 Å². The van der Waals surface area contributed by atoms with Crippen LogP contribution in [0.5, 0.6) is 0 Å². The molecule has 0 amide bonds. The Labute approximate surface area is 126 Å². The summed E-state index contributed by atoms with van der Waals surface area (Å²) in [7, 11) is 0. The highest BCUT2D eigenvalue weighted by Crippen LogP contribution is 2.32. The second-order valence-electron chi connectivity index (χ2n) is 4.95. The number of hydrogen-bond acceptors (Lipinski definition) is 5. The minimum Gasteiger partial charge on any atom is -0.346 e. The van der Waals surface area contributed by atoms with Crippen molar-refractivity contribution in [3.63, 3.8) is 0 Å². The van der Waals surface area contributed by atoms with Crippen molar-refractivity contribution in [3.05, 3.63) is 56.5 Å². The van der Waals surface area contributed by atoms with E-state index in [0.717, 1.165) is 12.0 Å². The molecule has 0 bridgehead atoms. The van der Waals surface area contributed by atoms with Crippen LogP contribution in [0.4, 0.5) is 11.5 Å². The zero-order chi connectivity index (χ0) is 15.0. The van der Waals surface area contributed by atoms with E-state index < -0.39 is 4.92 Å². The molecule has 0 saturated heterocycles. The number of rotatable bonds is 2. The molecule has 0 atom stereocenters. The average molecular weight is 305 g/mol. The molecule has 0 aliphatic carbocycles. The summed E-state index contributed by atoms with van der Waals surface area (Å²) >= 11 is 5.87. The van der Waals surface area contributed by atoms with E-state index in [-0.39, 0.29) is 16.7 Å². The number of halogens is 1. The lowest BCUT2D eigenvalue weighted by Crippen LogP contribution is -2.31. The minimum atomic E-state index is -0.443. The van der Waals surface area contributed by atoms with Gasteiger partial charge in [-0.1, -0.05) is 24.3 Å². The van der Waals surface area contributed by atoms with Crippen molar-refractivity contribution in [2.45, 2.75) is 19.9 Å². The van der Waals surface area contributed by atoms with Gasteiger partial charge in [0.2, 0.25) is 11.1 Å². The van der Waals surface area contributed by atoms with Crippen molar-refractivity contribution in [1.29, 1.82) is 0 Å². The molecular weight excluding hydrogens is 292 g/mol. The third kappa shape index (κ3) is 2.54. The standard InChI is InChI=1S/C14H13ClN4O2/c1-9-12(19(20)21)13(17-14(15)16-9)18-7-6-10-4-2-3-5-11(10)8-18/h2-5H,6-8H2,1H3. The molecule has 2 aromatic rings. The molecule has 1 aromatic heterocycles. The number of aryl methyl sites for hydroxylation is 1. The maximum absolute atomic E-state index is 11.3. The first-order chi connectivity index (χ1) is 10.1. The van der Waals surface area contributed by atoms with Gasteiger partial charge in [-0.3, -0.25) is 10.1 Å². The molecule has 3 rings (SSSR count). The predicted molar refractivity (Wildman–Crippen MR) is 79.6 cm³/mol. The van der Waals surface area contributed by atoms with Gasteiger partial charge in [0.1, 0.15) is 5.69 Å². The minimum absolute atomic E-state index is 0.0342. The molecule has 7 heteroatoms. The van der Waals surface area contributed by atoms with Crippen LogP contribution in [0.3, 0.4) is 0 Å². The number of aromatic nitrogens is 2. The van der Waals surface area contributed by atoms with Crippen molar-refractivity contribution in [1.82, 2.24) is 9.97 Å². The van der Waals surface area contributed by atoms with Crippen LogP contribution in [-0.4, -0.2) is 21.4 Å². The van der Waals surface area contributed by atoms with E-state index in [9.17, 15) is 10.1 Å². The summed E-state index contributed by atoms with van der Waals surface area (Å²) in [5.41, 5.74) is 2.64. The molecule has 0 unspecified atom stereocenters. The van der Waals surface area contributed by atoms with Gasteiger partial charge in [-0.2, -0.15) is 4.98 Å². The van der Waals surface area contributed by atoms with Crippen molar-refractivity contribution in [2.24, 2.45) is 0 Å². The normalized spacial score (nSPS) is 13.9. The van der Waals surface area contributed by atoms with E-state index in [4.69, 9.17) is 11.6 Å². The van der Waals surface area contributed by atoms with Crippen LogP contribution < -0.4 is 4.90 Å². The fraction of sp³-hybridized carbons (Fsp3) is 0.286. The van der Waals surface area contributed by atoms with Gasteiger partial charge in [0.15, 0.2) is 0 Å². The quantitative estimate of drug-likeness (QED) is 0.484. The summed E-state index contributed by atoms with van der Waals surface area (Å²) in [4.78, 5) is 20.7. The van der Waals surface area contributed by atoms with Crippen molar-refractivity contribution >= 4 is 23.1 Å². The van der Waals surface area contributed by atoms with Crippen LogP contribution >= 0.6 is 11.6 Å². The summed E-state index contributed by atoms with van der Waals surface area (Å²) in [5.74, 6) is 0.298. The lowest BCUT2D eigenvalue weighted by molar-refractivity contribution is -0.385. The van der Waals surface area contributed by atoms with Gasteiger partial charge in [0.25, 0.3) is 0 Å². The largest absolute Gasteiger partial charge is 0.346 e. The monoisotopic (exact) mass is 304 g/mol. The van der Waals surface area contributed by atoms with Crippen LogP contribution in [0.15, 0.2) is 24.3 Å². The highest BCUT2D eigenvalue weighted by atomic mass is 35.5. The lowest BCUT2D eigenvalue weighted by atomic mass is 10.00. The molecule has 1 aromatic carbocycles. The molecule has 1 aliphatic heterocycles. The fourth-order valence-electron chi connectivity index (χ4n) is 2.63. The van der Waals surface area contributed by atoms with Crippen molar-refractivity contribution in [2.75, 3.05) is 11.4 Å². The Kier molecular flexibility index (Phi) is 3.47. The van der Waals surface area contributed by atoms with Gasteiger partial charge < -0.3 is 4.90 Å². The van der Waals surface area contributed by atoms with E-state index >= 15 is 0 Å². The predicted octanol–water partition coefficient (Wildman–Crippen LogP) is 2.91. The third-order valence-electron chi connectivity index (χ3n) is 3.63. The van der Waals surface area contributed by atoms with Gasteiger partial charge >= 0.3 is 5.69 Å². The fourth-order valence-corrected chi connectivity index (χ4v) is 2.84. The number of nitrogens with zero attached hydrogens (tertiary/aromatic N) is 4. The molecular formula is C14H13ClN4O2. The first-order valence-corrected chi connectivity index (χ1v) is 6.94. The molecule has 0 N–H and O–H groups in total. The second kappa shape index (κ2) is 5.29. The smallest absolute Gasteiger partial charge is 0.332 e. The summed E-state index contributed by atoms with van der Waals surface area (Å²) in [5, 5.41) is 11.3. The Morgan fingerprint density at radius 2 is 2.00 bits per heavy atom. The van der Waals surface area contributed by atoms with E-state index in [1.54, 1.807) is 6.92 Å². The van der Waals surface area contributed by atoms with Gasteiger partial charge in [-0.15, -0.1) is 0 Å². The molecule has 21 heavy (non-hydrogen) atoms. The first kappa shape index (κ1) is 13.8. The van der Waals surface area contributed by atoms with Gasteiger partial charge in [0.05, 0.1) is 4.92 Å². The molecule has 6 nitrogen and oxygen atoms in total. The Morgan fingerprint density at radius 1 is 1.29 bits per heavy atom. The topological polar surface area (TPSA) is 72.2 Å². The van der Waals surface area contributed by atoms with Crippen LogP contribution in [0.1, 0.15) is 16.8 Å². The van der Waals surface area contributed by atoms with Crippen LogP contribution in [0.2, 0.25) is 5.28 Å². The Bertz CT molecular complexity index is 720. The van der Waals surface area contributed by atoms with E-state index in [1.165, 1.54) is 5.56 Å². The number of nitro groups is 1. The molecule has 0 saturated carbocycles. The summed E-state index contributed by atoms with van der Waals surface area (Å²) < 4.78 is 0. The summed E-state index contributed by atoms with van der Waals surface area (Å²) in [6.07, 6.45) is 0.827. The zero-order valence-electron chi connectivity index (χ0n) is 11.4. The summed E-state index contributed by atoms with van der Waals surface area (Å²) in [6.45, 7) is 2.83.